The fourth-order valence-electron chi connectivity index (χ4n) is 2.49. The Bertz CT molecular complexity index is 577. The SMILES string of the molecule is COc1ccc(CN(CCn2cc(Cl)cn2)C2CC2)cc1. The lowest BCUT2D eigenvalue weighted by atomic mass is 10.2. The van der Waals surface area contributed by atoms with Crippen LogP contribution in [0.2, 0.25) is 5.02 Å². The van der Waals surface area contributed by atoms with Gasteiger partial charge in [-0.25, -0.2) is 0 Å². The average Bonchev–Trinajstić information content (AvgIpc) is 3.27. The van der Waals surface area contributed by atoms with Crippen molar-refractivity contribution in [3.8, 4) is 5.75 Å². The summed E-state index contributed by atoms with van der Waals surface area (Å²) >= 11 is 5.90. The van der Waals surface area contributed by atoms with E-state index in [2.05, 4.69) is 22.1 Å². The number of methoxy groups -OCH3 is 1. The fourth-order valence-corrected chi connectivity index (χ4v) is 2.64. The number of rotatable bonds is 7. The Morgan fingerprint density at radius 3 is 2.67 bits per heavy atom. The van der Waals surface area contributed by atoms with Crippen molar-refractivity contribution in [2.75, 3.05) is 13.7 Å². The van der Waals surface area contributed by atoms with Gasteiger partial charge in [0.2, 0.25) is 0 Å². The van der Waals surface area contributed by atoms with Gasteiger partial charge in [0.15, 0.2) is 0 Å². The molecule has 1 aromatic heterocycles. The van der Waals surface area contributed by atoms with Gasteiger partial charge in [0.05, 0.1) is 24.9 Å². The minimum Gasteiger partial charge on any atom is -0.497 e. The first-order valence-corrected chi connectivity index (χ1v) is 7.67. The molecule has 0 aliphatic heterocycles. The molecule has 0 unspecified atom stereocenters. The molecule has 1 aliphatic rings. The Kier molecular flexibility index (Phi) is 4.46. The zero-order valence-electron chi connectivity index (χ0n) is 12.2. The van der Waals surface area contributed by atoms with E-state index in [1.54, 1.807) is 13.3 Å². The van der Waals surface area contributed by atoms with Crippen molar-refractivity contribution in [2.45, 2.75) is 32.0 Å². The van der Waals surface area contributed by atoms with Crippen LogP contribution in [0, 0.1) is 0 Å². The first kappa shape index (κ1) is 14.4. The van der Waals surface area contributed by atoms with E-state index in [4.69, 9.17) is 16.3 Å². The molecule has 112 valence electrons. The van der Waals surface area contributed by atoms with Gasteiger partial charge in [-0.3, -0.25) is 9.58 Å². The van der Waals surface area contributed by atoms with Crippen LogP contribution in [0.4, 0.5) is 0 Å². The molecule has 1 heterocycles. The maximum Gasteiger partial charge on any atom is 0.118 e. The van der Waals surface area contributed by atoms with Crippen molar-refractivity contribution in [1.82, 2.24) is 14.7 Å². The van der Waals surface area contributed by atoms with Crippen molar-refractivity contribution < 1.29 is 4.74 Å². The molecular formula is C16H20ClN3O. The molecule has 21 heavy (non-hydrogen) atoms. The molecule has 1 saturated carbocycles. The number of ether oxygens (including phenoxy) is 1. The Morgan fingerprint density at radius 1 is 1.33 bits per heavy atom. The van der Waals surface area contributed by atoms with Gasteiger partial charge in [-0.05, 0) is 30.5 Å². The first-order valence-electron chi connectivity index (χ1n) is 7.29. The third kappa shape index (κ3) is 3.99. The maximum absolute atomic E-state index is 5.90. The summed E-state index contributed by atoms with van der Waals surface area (Å²) in [6.07, 6.45) is 6.17. The second-order valence-corrected chi connectivity index (χ2v) is 5.91. The Morgan fingerprint density at radius 2 is 2.10 bits per heavy atom. The molecular weight excluding hydrogens is 286 g/mol. The first-order chi connectivity index (χ1) is 10.2. The highest BCUT2D eigenvalue weighted by molar-refractivity contribution is 6.30. The Labute approximate surface area is 130 Å². The molecule has 1 fully saturated rings. The second kappa shape index (κ2) is 6.50. The predicted molar refractivity (Wildman–Crippen MR) is 83.7 cm³/mol. The molecule has 2 aromatic rings. The van der Waals surface area contributed by atoms with Crippen LogP contribution in [-0.4, -0.2) is 34.4 Å². The van der Waals surface area contributed by atoms with Crippen molar-refractivity contribution >= 4 is 11.6 Å². The third-order valence-corrected chi connectivity index (χ3v) is 4.02. The molecule has 1 aromatic carbocycles. The van der Waals surface area contributed by atoms with Gasteiger partial charge in [-0.2, -0.15) is 5.10 Å². The highest BCUT2D eigenvalue weighted by Crippen LogP contribution is 2.28. The maximum atomic E-state index is 5.90. The van der Waals surface area contributed by atoms with Crippen LogP contribution in [0.15, 0.2) is 36.7 Å². The quantitative estimate of drug-likeness (QED) is 0.787. The van der Waals surface area contributed by atoms with Crippen LogP contribution in [-0.2, 0) is 13.1 Å². The summed E-state index contributed by atoms with van der Waals surface area (Å²) in [6, 6.07) is 9.04. The molecule has 0 amide bonds. The molecule has 3 rings (SSSR count). The third-order valence-electron chi connectivity index (χ3n) is 3.83. The Balaban J connectivity index is 1.58. The zero-order chi connectivity index (χ0) is 14.7. The molecule has 1 aliphatic carbocycles. The largest absolute Gasteiger partial charge is 0.497 e. The molecule has 5 heteroatoms. The molecule has 4 nitrogen and oxygen atoms in total. The number of hydrogen-bond acceptors (Lipinski definition) is 3. The highest BCUT2D eigenvalue weighted by Gasteiger charge is 2.28. The van der Waals surface area contributed by atoms with Crippen molar-refractivity contribution in [1.29, 1.82) is 0 Å². The smallest absolute Gasteiger partial charge is 0.118 e. The highest BCUT2D eigenvalue weighted by atomic mass is 35.5. The van der Waals surface area contributed by atoms with Crippen LogP contribution in [0.3, 0.4) is 0 Å². The van der Waals surface area contributed by atoms with Crippen LogP contribution in [0.5, 0.6) is 5.75 Å². The van der Waals surface area contributed by atoms with Gasteiger partial charge in [0.25, 0.3) is 0 Å². The summed E-state index contributed by atoms with van der Waals surface area (Å²) in [5.41, 5.74) is 1.32. The van der Waals surface area contributed by atoms with E-state index in [0.29, 0.717) is 5.02 Å². The van der Waals surface area contributed by atoms with E-state index in [9.17, 15) is 0 Å². The number of nitrogens with zero attached hydrogens (tertiary/aromatic N) is 3. The van der Waals surface area contributed by atoms with Crippen LogP contribution >= 0.6 is 11.6 Å². The van der Waals surface area contributed by atoms with E-state index < -0.39 is 0 Å². The molecule has 0 bridgehead atoms. The van der Waals surface area contributed by atoms with Crippen molar-refractivity contribution in [2.24, 2.45) is 0 Å². The van der Waals surface area contributed by atoms with Gasteiger partial charge in [0, 0.05) is 25.3 Å². The number of aromatic nitrogens is 2. The van der Waals surface area contributed by atoms with E-state index in [1.807, 2.05) is 23.0 Å². The predicted octanol–water partition coefficient (Wildman–Crippen LogP) is 3.21. The van der Waals surface area contributed by atoms with Crippen molar-refractivity contribution in [3.63, 3.8) is 0 Å². The lowest BCUT2D eigenvalue weighted by Gasteiger charge is -2.22. The monoisotopic (exact) mass is 305 g/mol. The fraction of sp³-hybridized carbons (Fsp3) is 0.438. The number of benzene rings is 1. The molecule has 0 spiro atoms. The van der Waals surface area contributed by atoms with Gasteiger partial charge >= 0.3 is 0 Å². The normalized spacial score (nSPS) is 14.6. The lowest BCUT2D eigenvalue weighted by Crippen LogP contribution is -2.29. The molecule has 0 atom stereocenters. The summed E-state index contributed by atoms with van der Waals surface area (Å²) in [7, 11) is 1.70. The molecule has 0 N–H and O–H groups in total. The summed E-state index contributed by atoms with van der Waals surface area (Å²) in [4.78, 5) is 2.53. The average molecular weight is 306 g/mol. The summed E-state index contributed by atoms with van der Waals surface area (Å²) in [6.45, 7) is 2.84. The van der Waals surface area contributed by atoms with Gasteiger partial charge < -0.3 is 4.74 Å². The second-order valence-electron chi connectivity index (χ2n) is 5.47. The zero-order valence-corrected chi connectivity index (χ0v) is 13.0. The van der Waals surface area contributed by atoms with Crippen LogP contribution in [0.25, 0.3) is 0 Å². The summed E-state index contributed by atoms with van der Waals surface area (Å²) in [5.74, 6) is 0.905. The minimum atomic E-state index is 0.697. The van der Waals surface area contributed by atoms with Crippen LogP contribution in [0.1, 0.15) is 18.4 Å². The molecule has 0 saturated heterocycles. The van der Waals surface area contributed by atoms with Crippen molar-refractivity contribution in [3.05, 3.63) is 47.2 Å². The van der Waals surface area contributed by atoms with E-state index >= 15 is 0 Å². The van der Waals surface area contributed by atoms with Gasteiger partial charge in [-0.15, -0.1) is 0 Å². The minimum absolute atomic E-state index is 0.697. The Hall–Kier alpha value is -1.52. The lowest BCUT2D eigenvalue weighted by molar-refractivity contribution is 0.240. The van der Waals surface area contributed by atoms with Gasteiger partial charge in [-0.1, -0.05) is 23.7 Å². The van der Waals surface area contributed by atoms with E-state index in [0.717, 1.165) is 31.4 Å². The van der Waals surface area contributed by atoms with E-state index in [-0.39, 0.29) is 0 Å². The van der Waals surface area contributed by atoms with Crippen LogP contribution < -0.4 is 4.74 Å². The van der Waals surface area contributed by atoms with Gasteiger partial charge in [0.1, 0.15) is 5.75 Å². The van der Waals surface area contributed by atoms with E-state index in [1.165, 1.54) is 18.4 Å². The molecule has 0 radical (unpaired) electrons. The topological polar surface area (TPSA) is 30.3 Å². The number of hydrogen-bond donors (Lipinski definition) is 0. The summed E-state index contributed by atoms with van der Waals surface area (Å²) in [5, 5.41) is 4.94. The summed E-state index contributed by atoms with van der Waals surface area (Å²) < 4.78 is 7.11. The standard InChI is InChI=1S/C16H20ClN3O/c1-21-16-6-2-13(3-7-16)11-19(15-4-5-15)8-9-20-12-14(17)10-18-20/h2-3,6-7,10,12,15H,4-5,8-9,11H2,1H3. The number of halogens is 1.